The molecule has 1 saturated heterocycles. The van der Waals surface area contributed by atoms with Crippen LogP contribution in [0.25, 0.3) is 0 Å². The van der Waals surface area contributed by atoms with E-state index in [-0.39, 0.29) is 35.4 Å². The standard InChI is InChI=1S/C26H29FN2O4S/c1-3-20-16-21(25(34-20)28-24(30)22-6-5-15-33-22)23(17-7-9-19(27)10-8-17)29-13-11-18(12-14-29)26(31)32-4-2/h5-10,15-16,18,23H,3-4,11-14H2,1-2H3,(H,28,30)/t23-/m1/s1. The maximum atomic E-state index is 13.7. The van der Waals surface area contributed by atoms with E-state index in [4.69, 9.17) is 9.15 Å². The Morgan fingerprint density at radius 2 is 1.94 bits per heavy atom. The number of nitrogens with one attached hydrogen (secondary N) is 1. The lowest BCUT2D eigenvalue weighted by Crippen LogP contribution is -2.39. The van der Waals surface area contributed by atoms with Crippen LogP contribution >= 0.6 is 11.3 Å². The molecule has 0 radical (unpaired) electrons. The molecule has 0 spiro atoms. The van der Waals surface area contributed by atoms with E-state index in [1.54, 1.807) is 24.3 Å². The molecule has 1 N–H and O–H groups in total. The minimum Gasteiger partial charge on any atom is -0.466 e. The summed E-state index contributed by atoms with van der Waals surface area (Å²) in [6.45, 7) is 5.65. The van der Waals surface area contributed by atoms with Gasteiger partial charge in [-0.2, -0.15) is 0 Å². The third kappa shape index (κ3) is 5.39. The van der Waals surface area contributed by atoms with Gasteiger partial charge in [0.25, 0.3) is 5.91 Å². The average molecular weight is 485 g/mol. The summed E-state index contributed by atoms with van der Waals surface area (Å²) in [5, 5.41) is 3.77. The van der Waals surface area contributed by atoms with E-state index in [1.807, 2.05) is 6.92 Å². The van der Waals surface area contributed by atoms with Gasteiger partial charge >= 0.3 is 5.97 Å². The van der Waals surface area contributed by atoms with E-state index in [0.29, 0.717) is 32.5 Å². The van der Waals surface area contributed by atoms with Crippen molar-refractivity contribution in [3.05, 3.63) is 76.3 Å². The van der Waals surface area contributed by atoms with Crippen LogP contribution in [0.4, 0.5) is 9.39 Å². The molecule has 6 nitrogen and oxygen atoms in total. The number of piperidine rings is 1. The number of halogens is 1. The third-order valence-corrected chi connectivity index (χ3v) is 7.34. The molecule has 8 heteroatoms. The molecule has 1 fully saturated rings. The number of carbonyl (C=O) groups excluding carboxylic acids is 2. The summed E-state index contributed by atoms with van der Waals surface area (Å²) < 4.78 is 24.2. The molecular formula is C26H29FN2O4S. The zero-order valence-electron chi connectivity index (χ0n) is 19.4. The number of benzene rings is 1. The molecule has 1 amide bonds. The fraction of sp³-hybridized carbons (Fsp3) is 0.385. The number of hydrogen-bond acceptors (Lipinski definition) is 6. The summed E-state index contributed by atoms with van der Waals surface area (Å²) in [4.78, 5) is 28.5. The van der Waals surface area contributed by atoms with Crippen LogP contribution in [0.15, 0.2) is 53.1 Å². The first-order chi connectivity index (χ1) is 16.5. The normalized spacial score (nSPS) is 15.7. The van der Waals surface area contributed by atoms with Crippen molar-refractivity contribution in [2.45, 2.75) is 39.2 Å². The van der Waals surface area contributed by atoms with Crippen molar-refractivity contribution in [1.82, 2.24) is 4.90 Å². The number of thiophene rings is 1. The van der Waals surface area contributed by atoms with Gasteiger partial charge in [-0.25, -0.2) is 4.39 Å². The van der Waals surface area contributed by atoms with Crippen molar-refractivity contribution in [2.24, 2.45) is 5.92 Å². The number of aryl methyl sites for hydroxylation is 1. The van der Waals surface area contributed by atoms with E-state index < -0.39 is 0 Å². The average Bonchev–Trinajstić information content (AvgIpc) is 3.52. The molecule has 3 heterocycles. The second kappa shape index (κ2) is 11.0. The van der Waals surface area contributed by atoms with Crippen LogP contribution in [0, 0.1) is 11.7 Å². The SMILES string of the molecule is CCOC(=O)C1CCN([C@H](c2ccc(F)cc2)c2cc(CC)sc2NC(=O)c2ccco2)CC1. The molecule has 1 aliphatic heterocycles. The van der Waals surface area contributed by atoms with Crippen LogP contribution in [-0.2, 0) is 16.0 Å². The number of carbonyl (C=O) groups is 2. The fourth-order valence-corrected chi connectivity index (χ4v) is 5.42. The maximum absolute atomic E-state index is 13.7. The monoisotopic (exact) mass is 484 g/mol. The summed E-state index contributed by atoms with van der Waals surface area (Å²) >= 11 is 1.54. The topological polar surface area (TPSA) is 71.8 Å². The van der Waals surface area contributed by atoms with Gasteiger partial charge in [-0.15, -0.1) is 11.3 Å². The first-order valence-corrected chi connectivity index (χ1v) is 12.4. The quantitative estimate of drug-likeness (QED) is 0.418. The lowest BCUT2D eigenvalue weighted by atomic mass is 9.91. The fourth-order valence-electron chi connectivity index (χ4n) is 4.39. The van der Waals surface area contributed by atoms with Gasteiger partial charge < -0.3 is 14.5 Å². The van der Waals surface area contributed by atoms with Gasteiger partial charge in [0.1, 0.15) is 10.8 Å². The molecule has 1 atom stereocenters. The minimum atomic E-state index is -0.311. The second-order valence-electron chi connectivity index (χ2n) is 8.30. The molecule has 0 unspecified atom stereocenters. The number of ether oxygens (including phenoxy) is 1. The predicted molar refractivity (Wildman–Crippen MR) is 130 cm³/mol. The Hall–Kier alpha value is -2.97. The zero-order valence-corrected chi connectivity index (χ0v) is 20.2. The van der Waals surface area contributed by atoms with Gasteiger partial charge in [-0.1, -0.05) is 19.1 Å². The maximum Gasteiger partial charge on any atom is 0.309 e. The summed E-state index contributed by atoms with van der Waals surface area (Å²) in [5.41, 5.74) is 1.90. The first kappa shape index (κ1) is 24.2. The van der Waals surface area contributed by atoms with Crippen molar-refractivity contribution in [2.75, 3.05) is 25.0 Å². The van der Waals surface area contributed by atoms with Gasteiger partial charge in [0.2, 0.25) is 0 Å². The molecule has 34 heavy (non-hydrogen) atoms. The molecule has 0 aliphatic carbocycles. The summed E-state index contributed by atoms with van der Waals surface area (Å²) in [7, 11) is 0. The number of anilines is 1. The summed E-state index contributed by atoms with van der Waals surface area (Å²) in [6.07, 6.45) is 3.68. The second-order valence-corrected chi connectivity index (χ2v) is 9.44. The van der Waals surface area contributed by atoms with Crippen molar-refractivity contribution < 1.29 is 23.1 Å². The molecule has 0 bridgehead atoms. The van der Waals surface area contributed by atoms with Crippen molar-refractivity contribution in [3.63, 3.8) is 0 Å². The van der Waals surface area contributed by atoms with E-state index in [2.05, 4.69) is 23.2 Å². The van der Waals surface area contributed by atoms with Gasteiger partial charge in [-0.05, 0) is 75.2 Å². The van der Waals surface area contributed by atoms with Gasteiger partial charge in [0.15, 0.2) is 5.76 Å². The Labute approximate surface area is 202 Å². The lowest BCUT2D eigenvalue weighted by Gasteiger charge is -2.37. The van der Waals surface area contributed by atoms with Gasteiger partial charge in [0, 0.05) is 10.4 Å². The number of nitrogens with zero attached hydrogens (tertiary/aromatic N) is 1. The minimum absolute atomic E-state index is 0.114. The predicted octanol–water partition coefficient (Wildman–Crippen LogP) is 5.66. The number of amides is 1. The highest BCUT2D eigenvalue weighted by molar-refractivity contribution is 7.16. The third-order valence-electron chi connectivity index (χ3n) is 6.13. The Morgan fingerprint density at radius 3 is 2.56 bits per heavy atom. The highest BCUT2D eigenvalue weighted by atomic mass is 32.1. The smallest absolute Gasteiger partial charge is 0.309 e. The van der Waals surface area contributed by atoms with Crippen LogP contribution in [0.2, 0.25) is 0 Å². The number of esters is 1. The number of rotatable bonds is 8. The molecule has 180 valence electrons. The van der Waals surface area contributed by atoms with Crippen LogP contribution in [0.5, 0.6) is 0 Å². The van der Waals surface area contributed by atoms with Crippen molar-refractivity contribution in [3.8, 4) is 0 Å². The molecule has 4 rings (SSSR count). The van der Waals surface area contributed by atoms with E-state index in [1.165, 1.54) is 29.7 Å². The Kier molecular flexibility index (Phi) is 7.80. The van der Waals surface area contributed by atoms with Crippen LogP contribution in [0.1, 0.15) is 59.3 Å². The molecule has 2 aromatic heterocycles. The van der Waals surface area contributed by atoms with Crippen molar-refractivity contribution >= 4 is 28.2 Å². The molecule has 0 saturated carbocycles. The molecule has 3 aromatic rings. The van der Waals surface area contributed by atoms with E-state index >= 15 is 0 Å². The highest BCUT2D eigenvalue weighted by Gasteiger charge is 2.33. The van der Waals surface area contributed by atoms with Gasteiger partial charge in [-0.3, -0.25) is 14.5 Å². The molecular weight excluding hydrogens is 455 g/mol. The van der Waals surface area contributed by atoms with Gasteiger partial charge in [0.05, 0.1) is 24.8 Å². The van der Waals surface area contributed by atoms with Crippen LogP contribution < -0.4 is 5.32 Å². The summed E-state index contributed by atoms with van der Waals surface area (Å²) in [6, 6.07) is 11.7. The molecule has 1 aliphatic rings. The number of furan rings is 1. The van der Waals surface area contributed by atoms with Crippen molar-refractivity contribution in [1.29, 1.82) is 0 Å². The number of likely N-dealkylation sites (tertiary alicyclic amines) is 1. The molecule has 1 aromatic carbocycles. The van der Waals surface area contributed by atoms with Crippen LogP contribution in [0.3, 0.4) is 0 Å². The van der Waals surface area contributed by atoms with E-state index in [9.17, 15) is 14.0 Å². The van der Waals surface area contributed by atoms with E-state index in [0.717, 1.165) is 27.4 Å². The Bertz CT molecular complexity index is 1100. The first-order valence-electron chi connectivity index (χ1n) is 11.6. The summed E-state index contributed by atoms with van der Waals surface area (Å²) in [5.74, 6) is -0.623. The Balaban J connectivity index is 1.66. The highest BCUT2D eigenvalue weighted by Crippen LogP contribution is 2.41. The number of hydrogen-bond donors (Lipinski definition) is 1. The lowest BCUT2D eigenvalue weighted by molar-refractivity contribution is -0.149. The largest absolute Gasteiger partial charge is 0.466 e. The zero-order chi connectivity index (χ0) is 24.1. The Morgan fingerprint density at radius 1 is 1.21 bits per heavy atom. The van der Waals surface area contributed by atoms with Crippen LogP contribution in [-0.4, -0.2) is 36.5 Å².